The number of ether oxygens (including phenoxy) is 1. The topological polar surface area (TPSA) is 97.4 Å². The van der Waals surface area contributed by atoms with Crippen molar-refractivity contribution in [1.29, 1.82) is 0 Å². The van der Waals surface area contributed by atoms with Crippen molar-refractivity contribution in [3.05, 3.63) is 58.4 Å². The first-order chi connectivity index (χ1) is 12.8. The van der Waals surface area contributed by atoms with E-state index in [4.69, 9.17) is 16.3 Å². The largest absolute Gasteiger partial charge is 0.451 e. The van der Waals surface area contributed by atoms with Crippen LogP contribution >= 0.6 is 11.6 Å². The summed E-state index contributed by atoms with van der Waals surface area (Å²) in [4.78, 5) is 39.9. The van der Waals surface area contributed by atoms with E-state index < -0.39 is 30.4 Å². The molecule has 0 spiro atoms. The van der Waals surface area contributed by atoms with E-state index in [0.717, 1.165) is 11.1 Å². The standard InChI is InChI=1S/C19H20ClN3O4/c1-11-5-4-6-12(2)17(11)23-18(25)13(3)27-16(24)10-22-19(26)15-9-14(20)7-8-21-15/h4-9,13H,10H2,1-3H3,(H,22,26)(H,23,25)/t13-/m1/s1. The Balaban J connectivity index is 1.86. The number of amides is 2. The summed E-state index contributed by atoms with van der Waals surface area (Å²) in [7, 11) is 0. The first-order valence-electron chi connectivity index (χ1n) is 8.24. The summed E-state index contributed by atoms with van der Waals surface area (Å²) in [5.41, 5.74) is 2.58. The number of carbonyl (C=O) groups is 3. The molecule has 1 aromatic carbocycles. The zero-order valence-electron chi connectivity index (χ0n) is 15.2. The number of pyridine rings is 1. The van der Waals surface area contributed by atoms with E-state index in [1.807, 2.05) is 32.0 Å². The number of benzene rings is 1. The third-order valence-electron chi connectivity index (χ3n) is 3.75. The van der Waals surface area contributed by atoms with Crippen molar-refractivity contribution in [1.82, 2.24) is 10.3 Å². The van der Waals surface area contributed by atoms with Crippen molar-refractivity contribution in [2.45, 2.75) is 26.9 Å². The number of esters is 1. The Labute approximate surface area is 162 Å². The molecule has 0 aliphatic rings. The molecule has 0 radical (unpaired) electrons. The lowest BCUT2D eigenvalue weighted by Crippen LogP contribution is -2.36. The first-order valence-corrected chi connectivity index (χ1v) is 8.62. The van der Waals surface area contributed by atoms with Gasteiger partial charge in [-0.1, -0.05) is 29.8 Å². The summed E-state index contributed by atoms with van der Waals surface area (Å²) in [6.45, 7) is 4.81. The van der Waals surface area contributed by atoms with Crippen molar-refractivity contribution >= 4 is 35.1 Å². The summed E-state index contributed by atoms with van der Waals surface area (Å²) in [5, 5.41) is 5.48. The molecule has 2 aromatic rings. The molecule has 0 aliphatic heterocycles. The minimum Gasteiger partial charge on any atom is -0.451 e. The molecule has 0 aliphatic carbocycles. The van der Waals surface area contributed by atoms with E-state index in [9.17, 15) is 14.4 Å². The summed E-state index contributed by atoms with van der Waals surface area (Å²) in [6, 6.07) is 8.55. The van der Waals surface area contributed by atoms with Crippen LogP contribution in [-0.4, -0.2) is 35.4 Å². The van der Waals surface area contributed by atoms with E-state index in [2.05, 4.69) is 15.6 Å². The van der Waals surface area contributed by atoms with Crippen LogP contribution in [0.3, 0.4) is 0 Å². The van der Waals surface area contributed by atoms with Gasteiger partial charge in [-0.2, -0.15) is 0 Å². The quantitative estimate of drug-likeness (QED) is 0.740. The summed E-state index contributed by atoms with van der Waals surface area (Å²) < 4.78 is 5.06. The lowest BCUT2D eigenvalue weighted by Gasteiger charge is -2.16. The molecule has 142 valence electrons. The van der Waals surface area contributed by atoms with Gasteiger partial charge in [-0.3, -0.25) is 19.4 Å². The molecule has 1 atom stereocenters. The van der Waals surface area contributed by atoms with Gasteiger partial charge in [0.25, 0.3) is 11.8 Å². The summed E-state index contributed by atoms with van der Waals surface area (Å²) >= 11 is 5.79. The fraction of sp³-hybridized carbons (Fsp3) is 0.263. The second kappa shape index (κ2) is 9.14. The number of rotatable bonds is 6. The number of anilines is 1. The molecule has 1 heterocycles. The van der Waals surface area contributed by atoms with Gasteiger partial charge in [-0.25, -0.2) is 0 Å². The summed E-state index contributed by atoms with van der Waals surface area (Å²) in [5.74, 6) is -1.76. The molecule has 2 N–H and O–H groups in total. The average molecular weight is 390 g/mol. The third-order valence-corrected chi connectivity index (χ3v) is 3.99. The van der Waals surface area contributed by atoms with Crippen molar-refractivity contribution < 1.29 is 19.1 Å². The molecule has 27 heavy (non-hydrogen) atoms. The van der Waals surface area contributed by atoms with E-state index in [1.54, 1.807) is 0 Å². The molecule has 1 aromatic heterocycles. The van der Waals surface area contributed by atoms with Crippen LogP contribution in [0.2, 0.25) is 5.02 Å². The minimum absolute atomic E-state index is 0.0797. The van der Waals surface area contributed by atoms with Crippen LogP contribution in [0, 0.1) is 13.8 Å². The Hall–Kier alpha value is -2.93. The molecule has 0 fully saturated rings. The maximum atomic E-state index is 12.2. The van der Waals surface area contributed by atoms with Gasteiger partial charge in [0.05, 0.1) is 0 Å². The summed E-state index contributed by atoms with van der Waals surface area (Å²) in [6.07, 6.45) is 0.368. The van der Waals surface area contributed by atoms with Gasteiger partial charge in [-0.15, -0.1) is 0 Å². The molecule has 0 saturated heterocycles. The van der Waals surface area contributed by atoms with Crippen molar-refractivity contribution in [2.75, 3.05) is 11.9 Å². The molecule has 7 nitrogen and oxygen atoms in total. The Kier molecular flexibility index (Phi) is 6.90. The van der Waals surface area contributed by atoms with Crippen molar-refractivity contribution in [2.24, 2.45) is 0 Å². The monoisotopic (exact) mass is 389 g/mol. The molecule has 2 amide bonds. The van der Waals surface area contributed by atoms with Crippen molar-refractivity contribution in [3.8, 4) is 0 Å². The number of hydrogen-bond donors (Lipinski definition) is 2. The Bertz CT molecular complexity index is 850. The van der Waals surface area contributed by atoms with E-state index in [0.29, 0.717) is 10.7 Å². The molecule has 0 unspecified atom stereocenters. The van der Waals surface area contributed by atoms with Crippen LogP contribution in [0.15, 0.2) is 36.5 Å². The highest BCUT2D eigenvalue weighted by Crippen LogP contribution is 2.19. The lowest BCUT2D eigenvalue weighted by molar-refractivity contribution is -0.152. The predicted octanol–water partition coefficient (Wildman–Crippen LogP) is 2.65. The highest BCUT2D eigenvalue weighted by Gasteiger charge is 2.20. The smallest absolute Gasteiger partial charge is 0.326 e. The number of para-hydroxylation sites is 1. The fourth-order valence-corrected chi connectivity index (χ4v) is 2.46. The maximum absolute atomic E-state index is 12.2. The van der Waals surface area contributed by atoms with Gasteiger partial charge < -0.3 is 15.4 Å². The van der Waals surface area contributed by atoms with Gasteiger partial charge in [-0.05, 0) is 44.0 Å². The van der Waals surface area contributed by atoms with Crippen LogP contribution in [0.1, 0.15) is 28.5 Å². The van der Waals surface area contributed by atoms with E-state index in [1.165, 1.54) is 25.3 Å². The first kappa shape index (κ1) is 20.4. The fourth-order valence-electron chi connectivity index (χ4n) is 2.30. The van der Waals surface area contributed by atoms with Crippen LogP contribution in [0.4, 0.5) is 5.69 Å². The highest BCUT2D eigenvalue weighted by atomic mass is 35.5. The molecule has 2 rings (SSSR count). The number of nitrogens with one attached hydrogen (secondary N) is 2. The van der Waals surface area contributed by atoms with Crippen molar-refractivity contribution in [3.63, 3.8) is 0 Å². The SMILES string of the molecule is Cc1cccc(C)c1NC(=O)[C@@H](C)OC(=O)CNC(=O)c1cc(Cl)ccn1. The lowest BCUT2D eigenvalue weighted by atomic mass is 10.1. The van der Waals surface area contributed by atoms with Gasteiger partial charge in [0.1, 0.15) is 12.2 Å². The molecule has 0 bridgehead atoms. The van der Waals surface area contributed by atoms with Crippen LogP contribution in [0.5, 0.6) is 0 Å². The molecule has 0 saturated carbocycles. The minimum atomic E-state index is -1.02. The van der Waals surface area contributed by atoms with Gasteiger partial charge in [0.15, 0.2) is 6.10 Å². The van der Waals surface area contributed by atoms with Crippen LogP contribution in [-0.2, 0) is 14.3 Å². The predicted molar refractivity (Wildman–Crippen MR) is 102 cm³/mol. The molecular formula is C19H20ClN3O4. The van der Waals surface area contributed by atoms with Gasteiger partial charge in [0.2, 0.25) is 0 Å². The zero-order valence-corrected chi connectivity index (χ0v) is 16.0. The number of carbonyl (C=O) groups excluding carboxylic acids is 3. The third kappa shape index (κ3) is 5.79. The number of halogens is 1. The second-order valence-corrected chi connectivity index (χ2v) is 6.37. The number of nitrogens with zero attached hydrogens (tertiary/aromatic N) is 1. The highest BCUT2D eigenvalue weighted by molar-refractivity contribution is 6.30. The second-order valence-electron chi connectivity index (χ2n) is 5.93. The molecular weight excluding hydrogens is 370 g/mol. The Morgan fingerprint density at radius 3 is 2.48 bits per heavy atom. The van der Waals surface area contributed by atoms with Crippen LogP contribution in [0.25, 0.3) is 0 Å². The number of aryl methyl sites for hydroxylation is 2. The van der Waals surface area contributed by atoms with E-state index in [-0.39, 0.29) is 5.69 Å². The number of aromatic nitrogens is 1. The Morgan fingerprint density at radius 1 is 1.19 bits per heavy atom. The maximum Gasteiger partial charge on any atom is 0.326 e. The molecule has 8 heteroatoms. The Morgan fingerprint density at radius 2 is 1.85 bits per heavy atom. The average Bonchev–Trinajstić information content (AvgIpc) is 2.62. The van der Waals surface area contributed by atoms with Crippen LogP contribution < -0.4 is 10.6 Å². The van der Waals surface area contributed by atoms with Gasteiger partial charge >= 0.3 is 5.97 Å². The number of hydrogen-bond acceptors (Lipinski definition) is 5. The van der Waals surface area contributed by atoms with E-state index >= 15 is 0 Å². The normalized spacial score (nSPS) is 11.4. The zero-order chi connectivity index (χ0) is 20.0. The van der Waals surface area contributed by atoms with Gasteiger partial charge in [0, 0.05) is 16.9 Å².